The molecule has 1 saturated carbocycles. The van der Waals surface area contributed by atoms with Gasteiger partial charge in [-0.05, 0) is 69.6 Å². The number of nitrogens with zero attached hydrogens (tertiary/aromatic N) is 2. The summed E-state index contributed by atoms with van der Waals surface area (Å²) in [7, 11) is -3.60. The van der Waals surface area contributed by atoms with E-state index in [0.717, 1.165) is 79.3 Å². The first-order valence-corrected chi connectivity index (χ1v) is 12.1. The molecule has 4 rings (SSSR count). The van der Waals surface area contributed by atoms with Crippen molar-refractivity contribution in [1.29, 1.82) is 0 Å². The summed E-state index contributed by atoms with van der Waals surface area (Å²) in [6, 6.07) is 5.52. The van der Waals surface area contributed by atoms with Crippen molar-refractivity contribution in [3.63, 3.8) is 0 Å². The van der Waals surface area contributed by atoms with Crippen molar-refractivity contribution in [2.24, 2.45) is 0 Å². The van der Waals surface area contributed by atoms with Crippen LogP contribution in [0.15, 0.2) is 27.9 Å². The summed E-state index contributed by atoms with van der Waals surface area (Å²) in [5, 5.41) is 4.62. The summed E-state index contributed by atoms with van der Waals surface area (Å²) >= 11 is 0. The molecule has 1 fully saturated rings. The monoisotopic (exact) mass is 415 g/mol. The predicted octanol–water partition coefficient (Wildman–Crippen LogP) is 3.34. The molecule has 1 N–H and O–H groups in total. The number of fused-ring (bicyclic) bond motifs is 1. The van der Waals surface area contributed by atoms with Crippen LogP contribution < -0.4 is 10.3 Å². The number of sulfonamides is 1. The van der Waals surface area contributed by atoms with Gasteiger partial charge in [0.25, 0.3) is 5.56 Å². The highest BCUT2D eigenvalue weighted by atomic mass is 32.2. The average Bonchev–Trinajstić information content (AvgIpc) is 3.21. The molecule has 0 radical (unpaired) electrons. The summed E-state index contributed by atoms with van der Waals surface area (Å²) in [6.45, 7) is 4.23. The number of hydrogen-bond acceptors (Lipinski definition) is 4. The van der Waals surface area contributed by atoms with Crippen molar-refractivity contribution in [3.8, 4) is 11.3 Å². The van der Waals surface area contributed by atoms with Gasteiger partial charge in [0.2, 0.25) is 10.0 Å². The van der Waals surface area contributed by atoms with Gasteiger partial charge in [-0.3, -0.25) is 4.79 Å². The molecule has 2 aliphatic rings. The summed E-state index contributed by atoms with van der Waals surface area (Å²) < 4.78 is 30.5. The Balaban J connectivity index is 1.81. The lowest BCUT2D eigenvalue weighted by Crippen LogP contribution is -2.33. The molecule has 0 unspecified atom stereocenters. The lowest BCUT2D eigenvalue weighted by atomic mass is 9.89. The van der Waals surface area contributed by atoms with E-state index in [4.69, 9.17) is 0 Å². The number of benzene rings is 1. The van der Waals surface area contributed by atoms with Gasteiger partial charge in [0.15, 0.2) is 0 Å². The minimum absolute atomic E-state index is 0.00573. The van der Waals surface area contributed by atoms with Crippen molar-refractivity contribution in [3.05, 3.63) is 45.2 Å². The second kappa shape index (κ2) is 8.03. The molecule has 0 atom stereocenters. The van der Waals surface area contributed by atoms with E-state index in [1.165, 1.54) is 4.68 Å². The van der Waals surface area contributed by atoms with Gasteiger partial charge in [-0.25, -0.2) is 17.8 Å². The van der Waals surface area contributed by atoms with Gasteiger partial charge in [-0.15, -0.1) is 0 Å². The van der Waals surface area contributed by atoms with Crippen molar-refractivity contribution in [2.75, 3.05) is 0 Å². The molecule has 1 aromatic carbocycles. The second-order valence-electron chi connectivity index (χ2n) is 8.22. The second-order valence-corrected chi connectivity index (χ2v) is 9.90. The molecule has 1 aromatic heterocycles. The predicted molar refractivity (Wildman–Crippen MR) is 114 cm³/mol. The quantitative estimate of drug-likeness (QED) is 0.812. The average molecular weight is 416 g/mol. The maximum Gasteiger partial charge on any atom is 0.270 e. The normalized spacial score (nSPS) is 17.4. The minimum Gasteiger partial charge on any atom is -0.267 e. The third-order valence-electron chi connectivity index (χ3n) is 6.19. The van der Waals surface area contributed by atoms with Crippen LogP contribution in [0.1, 0.15) is 62.1 Å². The van der Waals surface area contributed by atoms with Crippen LogP contribution in [0.2, 0.25) is 0 Å². The Bertz CT molecular complexity index is 1080. The van der Waals surface area contributed by atoms with Gasteiger partial charge < -0.3 is 0 Å². The van der Waals surface area contributed by atoms with E-state index in [0.29, 0.717) is 11.4 Å². The SMILES string of the molecule is CCn1nc(-c2ccc(C)c(S(=O)(=O)NC3CCCC3)c2)c2c(c1=O)CCCC2. The molecule has 2 aromatic rings. The van der Waals surface area contributed by atoms with Crippen LogP contribution in [0, 0.1) is 6.92 Å². The number of aromatic nitrogens is 2. The smallest absolute Gasteiger partial charge is 0.267 e. The molecule has 29 heavy (non-hydrogen) atoms. The van der Waals surface area contributed by atoms with Crippen molar-refractivity contribution in [2.45, 2.75) is 82.7 Å². The third-order valence-corrected chi connectivity index (χ3v) is 7.86. The first kappa shape index (κ1) is 20.3. The maximum atomic E-state index is 13.1. The highest BCUT2D eigenvalue weighted by Gasteiger charge is 2.26. The largest absolute Gasteiger partial charge is 0.270 e. The Morgan fingerprint density at radius 2 is 1.79 bits per heavy atom. The lowest BCUT2D eigenvalue weighted by Gasteiger charge is -2.21. The van der Waals surface area contributed by atoms with Crippen molar-refractivity contribution < 1.29 is 8.42 Å². The zero-order valence-corrected chi connectivity index (χ0v) is 18.0. The molecule has 0 aliphatic heterocycles. The van der Waals surface area contributed by atoms with E-state index < -0.39 is 10.0 Å². The van der Waals surface area contributed by atoms with E-state index in [2.05, 4.69) is 9.82 Å². The van der Waals surface area contributed by atoms with Crippen LogP contribution in [0.3, 0.4) is 0 Å². The molecule has 0 saturated heterocycles. The van der Waals surface area contributed by atoms with Gasteiger partial charge in [-0.1, -0.05) is 25.0 Å². The van der Waals surface area contributed by atoms with Gasteiger partial charge in [0.1, 0.15) is 0 Å². The summed E-state index contributed by atoms with van der Waals surface area (Å²) in [4.78, 5) is 13.0. The zero-order valence-electron chi connectivity index (χ0n) is 17.2. The third kappa shape index (κ3) is 3.90. The lowest BCUT2D eigenvalue weighted by molar-refractivity contribution is 0.551. The van der Waals surface area contributed by atoms with Crippen LogP contribution in [0.4, 0.5) is 0 Å². The zero-order chi connectivity index (χ0) is 20.6. The first-order chi connectivity index (χ1) is 13.9. The van der Waals surface area contributed by atoms with Crippen LogP contribution >= 0.6 is 0 Å². The fourth-order valence-corrected chi connectivity index (χ4v) is 6.17. The summed E-state index contributed by atoms with van der Waals surface area (Å²) in [5.74, 6) is 0. The van der Waals surface area contributed by atoms with E-state index in [1.807, 2.05) is 26.0 Å². The minimum atomic E-state index is -3.60. The van der Waals surface area contributed by atoms with Crippen LogP contribution in [-0.2, 0) is 29.4 Å². The Morgan fingerprint density at radius 3 is 2.48 bits per heavy atom. The topological polar surface area (TPSA) is 81.1 Å². The summed E-state index contributed by atoms with van der Waals surface area (Å²) in [5.41, 5.74) is 4.06. The van der Waals surface area contributed by atoms with Gasteiger partial charge in [0.05, 0.1) is 10.6 Å². The Morgan fingerprint density at radius 1 is 1.10 bits per heavy atom. The molecule has 0 bridgehead atoms. The van der Waals surface area contributed by atoms with Crippen LogP contribution in [-0.4, -0.2) is 24.2 Å². The fourth-order valence-electron chi connectivity index (χ4n) is 4.59. The van der Waals surface area contributed by atoms with E-state index >= 15 is 0 Å². The Labute approximate surface area is 172 Å². The van der Waals surface area contributed by atoms with Crippen molar-refractivity contribution in [1.82, 2.24) is 14.5 Å². The molecule has 2 aliphatic carbocycles. The summed E-state index contributed by atoms with van der Waals surface area (Å²) in [6.07, 6.45) is 7.55. The molecular weight excluding hydrogens is 386 g/mol. The number of nitrogens with one attached hydrogen (secondary N) is 1. The van der Waals surface area contributed by atoms with E-state index in [1.54, 1.807) is 6.07 Å². The molecule has 7 heteroatoms. The van der Waals surface area contributed by atoms with E-state index in [-0.39, 0.29) is 11.6 Å². The van der Waals surface area contributed by atoms with Gasteiger partial charge in [0, 0.05) is 23.7 Å². The first-order valence-electron chi connectivity index (χ1n) is 10.7. The molecular formula is C22H29N3O3S. The maximum absolute atomic E-state index is 13.1. The van der Waals surface area contributed by atoms with Gasteiger partial charge in [-0.2, -0.15) is 5.10 Å². The van der Waals surface area contributed by atoms with Crippen LogP contribution in [0.25, 0.3) is 11.3 Å². The molecule has 1 heterocycles. The number of hydrogen-bond donors (Lipinski definition) is 1. The standard InChI is InChI=1S/C22H29N3O3S/c1-3-25-22(26)19-11-7-6-10-18(19)21(23-25)16-13-12-15(2)20(14-16)29(27,28)24-17-8-4-5-9-17/h12-14,17,24H,3-11H2,1-2H3. The van der Waals surface area contributed by atoms with Crippen molar-refractivity contribution >= 4 is 10.0 Å². The fraction of sp³-hybridized carbons (Fsp3) is 0.545. The molecule has 156 valence electrons. The van der Waals surface area contributed by atoms with E-state index in [9.17, 15) is 13.2 Å². The number of aryl methyl sites for hydroxylation is 2. The van der Waals surface area contributed by atoms with Gasteiger partial charge >= 0.3 is 0 Å². The Kier molecular flexibility index (Phi) is 5.62. The number of rotatable bonds is 5. The highest BCUT2D eigenvalue weighted by molar-refractivity contribution is 7.89. The van der Waals surface area contributed by atoms with Crippen LogP contribution in [0.5, 0.6) is 0 Å². The Hall–Kier alpha value is -1.99. The molecule has 0 spiro atoms. The molecule has 0 amide bonds. The molecule has 6 nitrogen and oxygen atoms in total. The highest BCUT2D eigenvalue weighted by Crippen LogP contribution is 2.31.